The van der Waals surface area contributed by atoms with Gasteiger partial charge in [-0.3, -0.25) is 14.5 Å². The Labute approximate surface area is 118 Å². The van der Waals surface area contributed by atoms with E-state index in [-0.39, 0.29) is 23.9 Å². The van der Waals surface area contributed by atoms with Crippen LogP contribution in [0.1, 0.15) is 36.1 Å². The fourth-order valence-corrected chi connectivity index (χ4v) is 2.42. The number of carbonyl (C=O) groups excluding carboxylic acids is 2. The largest absolute Gasteiger partial charge is 0.456 e. The van der Waals surface area contributed by atoms with Crippen molar-refractivity contribution >= 4 is 11.8 Å². The van der Waals surface area contributed by atoms with Gasteiger partial charge in [0.15, 0.2) is 5.76 Å². The summed E-state index contributed by atoms with van der Waals surface area (Å²) in [6, 6.07) is 3.31. The number of nitrogens with two attached hydrogens (primary N) is 1. The summed E-state index contributed by atoms with van der Waals surface area (Å²) in [5, 5.41) is 2.96. The maximum Gasteiger partial charge on any atom is 0.287 e. The summed E-state index contributed by atoms with van der Waals surface area (Å²) in [6.45, 7) is 5.13. The van der Waals surface area contributed by atoms with Gasteiger partial charge in [0.1, 0.15) is 5.76 Å². The average Bonchev–Trinajstić information content (AvgIpc) is 2.85. The minimum absolute atomic E-state index is 0.115. The van der Waals surface area contributed by atoms with E-state index in [0.717, 1.165) is 31.7 Å². The van der Waals surface area contributed by atoms with Crippen LogP contribution >= 0.6 is 0 Å². The molecule has 0 spiro atoms. The zero-order valence-corrected chi connectivity index (χ0v) is 11.9. The molecule has 6 nitrogen and oxygen atoms in total. The lowest BCUT2D eigenvalue weighted by Crippen LogP contribution is -2.50. The van der Waals surface area contributed by atoms with Crippen LogP contribution in [0.3, 0.4) is 0 Å². The van der Waals surface area contributed by atoms with Crippen LogP contribution in [0.4, 0.5) is 0 Å². The molecule has 1 aromatic rings. The number of furan rings is 1. The third-order valence-corrected chi connectivity index (χ3v) is 3.79. The molecule has 0 saturated carbocycles. The van der Waals surface area contributed by atoms with Crippen LogP contribution in [0.2, 0.25) is 0 Å². The van der Waals surface area contributed by atoms with Gasteiger partial charge in [-0.05, 0) is 38.8 Å². The molecular formula is C14H21N3O3. The number of nitrogens with one attached hydrogen (secondary N) is 1. The highest BCUT2D eigenvalue weighted by Gasteiger charge is 2.26. The third kappa shape index (κ3) is 3.39. The molecule has 1 saturated heterocycles. The predicted molar refractivity (Wildman–Crippen MR) is 74.2 cm³/mol. The topological polar surface area (TPSA) is 88.6 Å². The van der Waals surface area contributed by atoms with Gasteiger partial charge in [-0.2, -0.15) is 0 Å². The second-order valence-corrected chi connectivity index (χ2v) is 5.27. The van der Waals surface area contributed by atoms with Crippen LogP contribution in [0, 0.1) is 6.92 Å². The lowest BCUT2D eigenvalue weighted by molar-refractivity contribution is -0.123. The number of piperidine rings is 1. The van der Waals surface area contributed by atoms with E-state index in [4.69, 9.17) is 10.2 Å². The van der Waals surface area contributed by atoms with E-state index in [1.165, 1.54) is 0 Å². The van der Waals surface area contributed by atoms with Gasteiger partial charge in [0.05, 0.1) is 6.04 Å². The van der Waals surface area contributed by atoms with Crippen molar-refractivity contribution in [2.45, 2.75) is 38.8 Å². The van der Waals surface area contributed by atoms with Gasteiger partial charge < -0.3 is 15.5 Å². The first kappa shape index (κ1) is 14.6. The fourth-order valence-electron chi connectivity index (χ4n) is 2.42. The molecule has 0 unspecified atom stereocenters. The zero-order valence-electron chi connectivity index (χ0n) is 11.9. The smallest absolute Gasteiger partial charge is 0.287 e. The molecule has 110 valence electrons. The third-order valence-electron chi connectivity index (χ3n) is 3.79. The molecule has 0 bridgehead atoms. The second-order valence-electron chi connectivity index (χ2n) is 5.27. The van der Waals surface area contributed by atoms with E-state index in [9.17, 15) is 9.59 Å². The van der Waals surface area contributed by atoms with Gasteiger partial charge in [0.2, 0.25) is 5.91 Å². The number of primary amides is 1. The van der Waals surface area contributed by atoms with Crippen LogP contribution in [0.5, 0.6) is 0 Å². The number of hydrogen-bond donors (Lipinski definition) is 2. The van der Waals surface area contributed by atoms with Crippen molar-refractivity contribution in [3.8, 4) is 0 Å². The summed E-state index contributed by atoms with van der Waals surface area (Å²) in [7, 11) is 0. The van der Waals surface area contributed by atoms with E-state index < -0.39 is 0 Å². The SMILES string of the molecule is Cc1ccc(C(=O)NC2CCN([C@@H](C)C(N)=O)CC2)o1. The van der Waals surface area contributed by atoms with Crippen molar-refractivity contribution in [1.29, 1.82) is 0 Å². The van der Waals surface area contributed by atoms with Crippen LogP contribution in [-0.2, 0) is 4.79 Å². The highest BCUT2D eigenvalue weighted by molar-refractivity contribution is 5.91. The summed E-state index contributed by atoms with van der Waals surface area (Å²) in [5.74, 6) is 0.578. The number of rotatable bonds is 4. The molecule has 1 fully saturated rings. The lowest BCUT2D eigenvalue weighted by Gasteiger charge is -2.34. The Hall–Kier alpha value is -1.82. The van der Waals surface area contributed by atoms with Crippen molar-refractivity contribution in [1.82, 2.24) is 10.2 Å². The van der Waals surface area contributed by atoms with Gasteiger partial charge >= 0.3 is 0 Å². The summed E-state index contributed by atoms with van der Waals surface area (Å²) in [6.07, 6.45) is 1.62. The van der Waals surface area contributed by atoms with Crippen molar-refractivity contribution in [2.24, 2.45) is 5.73 Å². The molecule has 2 rings (SSSR count). The molecule has 6 heteroatoms. The van der Waals surface area contributed by atoms with E-state index in [1.807, 2.05) is 11.8 Å². The van der Waals surface area contributed by atoms with Crippen LogP contribution in [0.15, 0.2) is 16.5 Å². The van der Waals surface area contributed by atoms with Gasteiger partial charge in [-0.15, -0.1) is 0 Å². The number of nitrogens with zero attached hydrogens (tertiary/aromatic N) is 1. The van der Waals surface area contributed by atoms with Crippen molar-refractivity contribution in [2.75, 3.05) is 13.1 Å². The molecule has 1 atom stereocenters. The minimum Gasteiger partial charge on any atom is -0.456 e. The van der Waals surface area contributed by atoms with Crippen LogP contribution < -0.4 is 11.1 Å². The summed E-state index contributed by atoms with van der Waals surface area (Å²) >= 11 is 0. The molecule has 1 aliphatic heterocycles. The molecule has 20 heavy (non-hydrogen) atoms. The molecule has 0 aromatic carbocycles. The Kier molecular flexibility index (Phi) is 4.44. The first-order valence-electron chi connectivity index (χ1n) is 6.88. The standard InChI is InChI=1S/C14H21N3O3/c1-9-3-4-12(20-9)14(19)16-11-5-7-17(8-6-11)10(2)13(15)18/h3-4,10-11H,5-8H2,1-2H3,(H2,15,18)(H,16,19)/t10-/m0/s1. The van der Waals surface area contributed by atoms with Crippen LogP contribution in [-0.4, -0.2) is 41.9 Å². The van der Waals surface area contributed by atoms with E-state index >= 15 is 0 Å². The van der Waals surface area contributed by atoms with Gasteiger partial charge in [-0.25, -0.2) is 0 Å². The number of amides is 2. The van der Waals surface area contributed by atoms with Gasteiger partial charge in [0, 0.05) is 19.1 Å². The predicted octanol–water partition coefficient (Wildman–Crippen LogP) is 0.656. The summed E-state index contributed by atoms with van der Waals surface area (Å²) < 4.78 is 5.29. The Morgan fingerprint density at radius 2 is 2.05 bits per heavy atom. The Balaban J connectivity index is 1.82. The molecule has 0 aliphatic carbocycles. The Morgan fingerprint density at radius 3 is 2.55 bits per heavy atom. The highest BCUT2D eigenvalue weighted by Crippen LogP contribution is 2.14. The quantitative estimate of drug-likeness (QED) is 0.847. The molecule has 1 aromatic heterocycles. The number of likely N-dealkylation sites (tertiary alicyclic amines) is 1. The summed E-state index contributed by atoms with van der Waals surface area (Å²) in [4.78, 5) is 25.1. The maximum atomic E-state index is 12.0. The van der Waals surface area contributed by atoms with E-state index in [2.05, 4.69) is 5.32 Å². The Morgan fingerprint density at radius 1 is 1.40 bits per heavy atom. The molecule has 3 N–H and O–H groups in total. The first-order chi connectivity index (χ1) is 9.47. The van der Waals surface area contributed by atoms with E-state index in [0.29, 0.717) is 5.76 Å². The molecule has 1 aliphatic rings. The fraction of sp³-hybridized carbons (Fsp3) is 0.571. The second kappa shape index (κ2) is 6.09. The maximum absolute atomic E-state index is 12.0. The molecule has 0 radical (unpaired) electrons. The molecule has 2 heterocycles. The van der Waals surface area contributed by atoms with Gasteiger partial charge in [0.25, 0.3) is 5.91 Å². The van der Waals surface area contributed by atoms with E-state index in [1.54, 1.807) is 19.1 Å². The number of carbonyl (C=O) groups is 2. The molecular weight excluding hydrogens is 258 g/mol. The zero-order chi connectivity index (χ0) is 14.7. The summed E-state index contributed by atoms with van der Waals surface area (Å²) in [5.41, 5.74) is 5.30. The van der Waals surface area contributed by atoms with Crippen LogP contribution in [0.25, 0.3) is 0 Å². The van der Waals surface area contributed by atoms with Gasteiger partial charge in [-0.1, -0.05) is 0 Å². The average molecular weight is 279 g/mol. The monoisotopic (exact) mass is 279 g/mol. The number of aryl methyl sites for hydroxylation is 1. The normalized spacial score (nSPS) is 18.7. The highest BCUT2D eigenvalue weighted by atomic mass is 16.3. The van der Waals surface area contributed by atoms with Crippen molar-refractivity contribution in [3.63, 3.8) is 0 Å². The lowest BCUT2D eigenvalue weighted by atomic mass is 10.0. The number of hydrogen-bond acceptors (Lipinski definition) is 4. The molecule has 2 amide bonds. The minimum atomic E-state index is -0.307. The van der Waals surface area contributed by atoms with Crippen molar-refractivity contribution in [3.05, 3.63) is 23.7 Å². The van der Waals surface area contributed by atoms with Crippen molar-refractivity contribution < 1.29 is 14.0 Å². The Bertz CT molecular complexity index is 490. The first-order valence-corrected chi connectivity index (χ1v) is 6.88.